The van der Waals surface area contributed by atoms with Crippen LogP contribution in [0.4, 0.5) is 17.1 Å². The average molecular weight is 572 g/mol. The first-order valence-electron chi connectivity index (χ1n) is 16.0. The van der Waals surface area contributed by atoms with Crippen LogP contribution in [0.5, 0.6) is 0 Å². The van der Waals surface area contributed by atoms with Gasteiger partial charge in [-0.1, -0.05) is 59.2 Å². The molecule has 2 aromatic rings. The van der Waals surface area contributed by atoms with Gasteiger partial charge in [-0.2, -0.15) is 0 Å². The van der Waals surface area contributed by atoms with Crippen LogP contribution in [0, 0.1) is 39.2 Å². The lowest BCUT2D eigenvalue weighted by Gasteiger charge is -2.55. The Labute approximate surface area is 249 Å². The zero-order valence-corrected chi connectivity index (χ0v) is 25.7. The molecule has 2 aromatic carbocycles. The number of imide groups is 1. The second-order valence-electron chi connectivity index (χ2n) is 14.5. The summed E-state index contributed by atoms with van der Waals surface area (Å²) in [6, 6.07) is 11.9. The molecule has 0 aromatic heterocycles. The lowest BCUT2D eigenvalue weighted by atomic mass is 9.49. The molecule has 0 unspecified atom stereocenters. The number of nitro groups is 1. The first kappa shape index (κ1) is 28.9. The number of carbonyl (C=O) groups is 2. The topological polar surface area (TPSA) is 92.6 Å². The summed E-state index contributed by atoms with van der Waals surface area (Å²) in [5, 5.41) is 15.7. The molecule has 1 N–H and O–H groups in total. The monoisotopic (exact) mass is 571 g/mol. The van der Waals surface area contributed by atoms with E-state index in [1.807, 2.05) is 0 Å². The van der Waals surface area contributed by atoms with Crippen LogP contribution in [0.2, 0.25) is 0 Å². The first-order chi connectivity index (χ1) is 19.9. The minimum Gasteiger partial charge on any atom is -0.379 e. The second-order valence-corrected chi connectivity index (χ2v) is 14.5. The summed E-state index contributed by atoms with van der Waals surface area (Å²) in [6.45, 7) is 12.0. The summed E-state index contributed by atoms with van der Waals surface area (Å²) >= 11 is 0. The molecular formula is C35H45N3O4. The summed E-state index contributed by atoms with van der Waals surface area (Å²) < 4.78 is 0. The molecule has 7 nitrogen and oxygen atoms in total. The van der Waals surface area contributed by atoms with E-state index in [0.717, 1.165) is 38.5 Å². The highest BCUT2D eigenvalue weighted by atomic mass is 16.6. The van der Waals surface area contributed by atoms with E-state index >= 15 is 0 Å². The largest absolute Gasteiger partial charge is 0.379 e. The first-order valence-corrected chi connectivity index (χ1v) is 16.0. The molecular weight excluding hydrogens is 526 g/mol. The zero-order chi connectivity index (χ0) is 30.0. The predicted octanol–water partition coefficient (Wildman–Crippen LogP) is 7.77. The van der Waals surface area contributed by atoms with Crippen molar-refractivity contribution >= 4 is 28.9 Å². The summed E-state index contributed by atoms with van der Waals surface area (Å²) in [4.78, 5) is 39.5. The van der Waals surface area contributed by atoms with Gasteiger partial charge < -0.3 is 5.32 Å². The van der Waals surface area contributed by atoms with Crippen molar-refractivity contribution in [1.82, 2.24) is 0 Å². The van der Waals surface area contributed by atoms with Crippen LogP contribution in [0.3, 0.4) is 0 Å². The SMILES string of the molecule is CC(C)c1ccc2c(c1)CC[C@H]1[C@](C)(CNc3ccc(N4C(=O)[C@H]5CC[C@@H](C)C[C@H]5C4=O)cc3[N+](=O)[O-])CCC[C@]21C. The molecule has 6 rings (SSSR count). The van der Waals surface area contributed by atoms with Gasteiger partial charge in [0.15, 0.2) is 0 Å². The molecule has 3 fully saturated rings. The molecule has 0 radical (unpaired) electrons. The number of nitro benzene ring substituents is 1. The fourth-order valence-corrected chi connectivity index (χ4v) is 9.12. The van der Waals surface area contributed by atoms with Gasteiger partial charge in [-0.3, -0.25) is 19.7 Å². The van der Waals surface area contributed by atoms with E-state index in [9.17, 15) is 19.7 Å². The zero-order valence-electron chi connectivity index (χ0n) is 25.7. The van der Waals surface area contributed by atoms with Gasteiger partial charge in [-0.25, -0.2) is 4.90 Å². The van der Waals surface area contributed by atoms with Gasteiger partial charge in [0.1, 0.15) is 5.69 Å². The number of nitrogens with zero attached hydrogens (tertiary/aromatic N) is 2. The minimum atomic E-state index is -0.400. The molecule has 224 valence electrons. The van der Waals surface area contributed by atoms with Crippen LogP contribution in [0.1, 0.15) is 102 Å². The van der Waals surface area contributed by atoms with E-state index in [0.29, 0.717) is 48.5 Å². The van der Waals surface area contributed by atoms with Crippen LogP contribution < -0.4 is 10.2 Å². The molecule has 1 heterocycles. The number of carbonyl (C=O) groups excluding carboxylic acids is 2. The van der Waals surface area contributed by atoms with E-state index in [2.05, 4.69) is 58.1 Å². The Hall–Kier alpha value is -3.22. The Morgan fingerprint density at radius 1 is 1.02 bits per heavy atom. The number of hydrogen-bond acceptors (Lipinski definition) is 5. The number of aryl methyl sites for hydroxylation is 1. The molecule has 1 saturated heterocycles. The second kappa shape index (κ2) is 10.5. The summed E-state index contributed by atoms with van der Waals surface area (Å²) in [7, 11) is 0. The average Bonchev–Trinajstić information content (AvgIpc) is 3.20. The van der Waals surface area contributed by atoms with Gasteiger partial charge in [0.2, 0.25) is 11.8 Å². The van der Waals surface area contributed by atoms with Crippen LogP contribution in [0.25, 0.3) is 0 Å². The van der Waals surface area contributed by atoms with Crippen molar-refractivity contribution in [2.75, 3.05) is 16.8 Å². The number of benzene rings is 2. The van der Waals surface area contributed by atoms with Gasteiger partial charge in [0.05, 0.1) is 22.4 Å². The maximum atomic E-state index is 13.3. The highest BCUT2D eigenvalue weighted by Gasteiger charge is 2.52. The van der Waals surface area contributed by atoms with Crippen LogP contribution in [-0.2, 0) is 21.4 Å². The van der Waals surface area contributed by atoms with Crippen LogP contribution in [-0.4, -0.2) is 23.3 Å². The predicted molar refractivity (Wildman–Crippen MR) is 166 cm³/mol. The number of nitrogens with one attached hydrogen (secondary N) is 1. The van der Waals surface area contributed by atoms with E-state index < -0.39 is 4.92 Å². The van der Waals surface area contributed by atoms with E-state index in [1.54, 1.807) is 12.1 Å². The van der Waals surface area contributed by atoms with Gasteiger partial charge in [-0.05, 0) is 102 Å². The molecule has 2 saturated carbocycles. The van der Waals surface area contributed by atoms with Crippen LogP contribution in [0.15, 0.2) is 36.4 Å². The smallest absolute Gasteiger partial charge is 0.294 e. The van der Waals surface area contributed by atoms with Crippen molar-refractivity contribution in [1.29, 1.82) is 0 Å². The Morgan fingerprint density at radius 3 is 2.52 bits per heavy atom. The number of amides is 2. The Bertz CT molecular complexity index is 1440. The molecule has 3 aliphatic carbocycles. The highest BCUT2D eigenvalue weighted by molar-refractivity contribution is 6.22. The lowest BCUT2D eigenvalue weighted by molar-refractivity contribution is -0.383. The lowest BCUT2D eigenvalue weighted by Crippen LogP contribution is -2.51. The van der Waals surface area contributed by atoms with Crippen LogP contribution >= 0.6 is 0 Å². The summed E-state index contributed by atoms with van der Waals surface area (Å²) in [5.74, 6) is 0.352. The molecule has 42 heavy (non-hydrogen) atoms. The number of hydrogen-bond donors (Lipinski definition) is 1. The normalized spacial score (nSPS) is 32.4. The third kappa shape index (κ3) is 4.64. The molecule has 4 aliphatic rings. The molecule has 1 aliphatic heterocycles. The van der Waals surface area contributed by atoms with Gasteiger partial charge in [0, 0.05) is 12.6 Å². The Morgan fingerprint density at radius 2 is 1.79 bits per heavy atom. The molecule has 0 bridgehead atoms. The van der Waals surface area contributed by atoms with Gasteiger partial charge in [0.25, 0.3) is 5.69 Å². The third-order valence-electron chi connectivity index (χ3n) is 11.5. The summed E-state index contributed by atoms with van der Waals surface area (Å²) in [6.07, 6.45) is 7.88. The molecule has 6 atom stereocenters. The standard InChI is InChI=1S/C35H45N3O4/c1-21(2)23-8-12-28-24(18-23)9-14-31-34(4,15-6-16-35(28,31)5)20-36-29-13-10-25(19-30(29)38(41)42)37-32(39)26-11-7-22(3)17-27(26)33(37)40/h8,10,12-13,18-19,21-22,26-27,31,36H,6-7,9,11,14-17,20H2,1-5H3/t22-,26+,27-,31+,34+,35-/m1/s1. The Balaban J connectivity index is 1.24. The van der Waals surface area contributed by atoms with Crippen molar-refractivity contribution in [3.63, 3.8) is 0 Å². The van der Waals surface area contributed by atoms with Crippen molar-refractivity contribution in [2.24, 2.45) is 29.1 Å². The number of fused-ring (bicyclic) bond motifs is 4. The van der Waals surface area contributed by atoms with E-state index in [1.165, 1.54) is 27.7 Å². The maximum Gasteiger partial charge on any atom is 0.294 e. The minimum absolute atomic E-state index is 0.0266. The highest BCUT2D eigenvalue weighted by Crippen LogP contribution is 2.57. The fraction of sp³-hybridized carbons (Fsp3) is 0.600. The van der Waals surface area contributed by atoms with Crippen molar-refractivity contribution in [2.45, 2.75) is 97.3 Å². The third-order valence-corrected chi connectivity index (χ3v) is 11.5. The van der Waals surface area contributed by atoms with Crippen molar-refractivity contribution < 1.29 is 14.5 Å². The summed E-state index contributed by atoms with van der Waals surface area (Å²) in [5.41, 5.74) is 5.10. The maximum absolute atomic E-state index is 13.3. The Kier molecular flexibility index (Phi) is 7.22. The molecule has 0 spiro atoms. The van der Waals surface area contributed by atoms with E-state index in [4.69, 9.17) is 0 Å². The van der Waals surface area contributed by atoms with Gasteiger partial charge >= 0.3 is 0 Å². The quantitative estimate of drug-likeness (QED) is 0.217. The number of rotatable bonds is 6. The molecule has 7 heteroatoms. The van der Waals surface area contributed by atoms with E-state index in [-0.39, 0.29) is 40.2 Å². The van der Waals surface area contributed by atoms with Crippen molar-refractivity contribution in [3.8, 4) is 0 Å². The number of anilines is 2. The molecule has 2 amide bonds. The fourth-order valence-electron chi connectivity index (χ4n) is 9.12. The van der Waals surface area contributed by atoms with Crippen molar-refractivity contribution in [3.05, 3.63) is 63.2 Å². The van der Waals surface area contributed by atoms with Gasteiger partial charge in [-0.15, -0.1) is 0 Å².